The number of aryl methyl sites for hydroxylation is 1. The molecule has 0 radical (unpaired) electrons. The van der Waals surface area contributed by atoms with E-state index in [9.17, 15) is 0 Å². The van der Waals surface area contributed by atoms with E-state index < -0.39 is 0 Å². The van der Waals surface area contributed by atoms with Gasteiger partial charge in [-0.2, -0.15) is 0 Å². The van der Waals surface area contributed by atoms with Gasteiger partial charge < -0.3 is 0 Å². The Kier molecular flexibility index (Phi) is 6.35. The van der Waals surface area contributed by atoms with Gasteiger partial charge in [-0.25, -0.2) is 4.31 Å². The fourth-order valence-electron chi connectivity index (χ4n) is 5.09. The Morgan fingerprint density at radius 2 is 2.07 bits per heavy atom. The SMILES string of the molecule is C=C(C)c1c(C2=C(CN(S)CC3=CCC=C3)C=CCC2C)sc2c1CC(C)(C)CC2. The maximum atomic E-state index is 4.84. The predicted molar refractivity (Wildman–Crippen MR) is 137 cm³/mol. The van der Waals surface area contributed by atoms with Crippen LogP contribution in [0, 0.1) is 11.3 Å². The van der Waals surface area contributed by atoms with E-state index in [4.69, 9.17) is 12.8 Å². The third-order valence-electron chi connectivity index (χ3n) is 6.66. The lowest BCUT2D eigenvalue weighted by molar-refractivity contribution is 0.317. The highest BCUT2D eigenvalue weighted by molar-refractivity contribution is 7.77. The van der Waals surface area contributed by atoms with E-state index in [1.807, 2.05) is 11.3 Å². The third kappa shape index (κ3) is 4.49. The third-order valence-corrected chi connectivity index (χ3v) is 8.27. The van der Waals surface area contributed by atoms with Gasteiger partial charge in [0.25, 0.3) is 0 Å². The molecule has 0 saturated carbocycles. The van der Waals surface area contributed by atoms with Crippen LogP contribution in [0.2, 0.25) is 0 Å². The van der Waals surface area contributed by atoms with Crippen molar-refractivity contribution in [2.24, 2.45) is 11.3 Å². The molecule has 160 valence electrons. The number of thiol groups is 1. The molecular formula is C27H35NS2. The van der Waals surface area contributed by atoms with Gasteiger partial charge in [0.15, 0.2) is 0 Å². The molecule has 1 nitrogen and oxygen atoms in total. The quantitative estimate of drug-likeness (QED) is 0.447. The molecule has 1 atom stereocenters. The first-order chi connectivity index (χ1) is 14.2. The highest BCUT2D eigenvalue weighted by atomic mass is 32.1. The van der Waals surface area contributed by atoms with Crippen LogP contribution in [0.1, 0.15) is 67.8 Å². The summed E-state index contributed by atoms with van der Waals surface area (Å²) >= 11 is 6.88. The fourth-order valence-corrected chi connectivity index (χ4v) is 7.00. The molecule has 30 heavy (non-hydrogen) atoms. The predicted octanol–water partition coefficient (Wildman–Crippen LogP) is 7.68. The van der Waals surface area contributed by atoms with Gasteiger partial charge in [-0.3, -0.25) is 0 Å². The molecule has 1 aromatic rings. The molecule has 0 aliphatic heterocycles. The number of hydrogen-bond acceptors (Lipinski definition) is 3. The Labute approximate surface area is 192 Å². The molecule has 1 heterocycles. The Bertz CT molecular complexity index is 967. The van der Waals surface area contributed by atoms with Crippen molar-refractivity contribution < 1.29 is 0 Å². The van der Waals surface area contributed by atoms with E-state index in [0.29, 0.717) is 11.3 Å². The first-order valence-corrected chi connectivity index (χ1v) is 12.5. The summed E-state index contributed by atoms with van der Waals surface area (Å²) in [4.78, 5) is 3.08. The zero-order valence-electron chi connectivity index (χ0n) is 18.9. The molecule has 0 N–H and O–H groups in total. The molecule has 0 amide bonds. The van der Waals surface area contributed by atoms with Crippen molar-refractivity contribution in [1.82, 2.24) is 4.31 Å². The van der Waals surface area contributed by atoms with Gasteiger partial charge in [0.05, 0.1) is 0 Å². The number of nitrogens with zero attached hydrogens (tertiary/aromatic N) is 1. The highest BCUT2D eigenvalue weighted by Gasteiger charge is 2.33. The molecular weight excluding hydrogens is 402 g/mol. The molecule has 3 aliphatic rings. The van der Waals surface area contributed by atoms with Crippen LogP contribution in [0.15, 0.2) is 48.1 Å². The topological polar surface area (TPSA) is 3.24 Å². The summed E-state index contributed by atoms with van der Waals surface area (Å²) < 4.78 is 2.16. The molecule has 0 saturated heterocycles. The van der Waals surface area contributed by atoms with Crippen molar-refractivity contribution in [3.05, 3.63) is 69.0 Å². The van der Waals surface area contributed by atoms with Crippen molar-refractivity contribution in [3.8, 4) is 0 Å². The standard InChI is InChI=1S/C27H35NS2/c1-18(2)24-22-15-27(4,5)14-13-23(22)30-26(24)25-19(3)9-8-12-21(25)17-28(29)16-20-10-6-7-11-20/h6,8,10-12,19,29H,1,7,9,13-17H2,2-5H3. The zero-order valence-corrected chi connectivity index (χ0v) is 20.6. The summed E-state index contributed by atoms with van der Waals surface area (Å²) in [7, 11) is 0. The Morgan fingerprint density at radius 1 is 1.27 bits per heavy atom. The molecule has 3 aliphatic carbocycles. The van der Waals surface area contributed by atoms with Crippen LogP contribution >= 0.6 is 24.2 Å². The molecule has 1 unspecified atom stereocenters. The minimum absolute atomic E-state index is 0.384. The van der Waals surface area contributed by atoms with Gasteiger partial charge in [-0.1, -0.05) is 70.5 Å². The van der Waals surface area contributed by atoms with Crippen LogP contribution in [0.5, 0.6) is 0 Å². The summed E-state index contributed by atoms with van der Waals surface area (Å²) in [6, 6.07) is 0. The minimum atomic E-state index is 0.384. The first kappa shape index (κ1) is 21.9. The lowest BCUT2D eigenvalue weighted by Crippen LogP contribution is -2.21. The van der Waals surface area contributed by atoms with Crippen molar-refractivity contribution in [2.45, 2.75) is 59.8 Å². The molecule has 0 aromatic carbocycles. The highest BCUT2D eigenvalue weighted by Crippen LogP contribution is 2.48. The maximum Gasteiger partial charge on any atom is 0.0389 e. The largest absolute Gasteiger partial charge is 0.244 e. The molecule has 1 aromatic heterocycles. The number of thiophene rings is 1. The monoisotopic (exact) mass is 437 g/mol. The lowest BCUT2D eigenvalue weighted by atomic mass is 9.74. The van der Waals surface area contributed by atoms with E-state index in [2.05, 4.69) is 69.0 Å². The van der Waals surface area contributed by atoms with Gasteiger partial charge >= 0.3 is 0 Å². The average Bonchev–Trinajstić information content (AvgIpc) is 3.28. The average molecular weight is 438 g/mol. The van der Waals surface area contributed by atoms with Gasteiger partial charge in [-0.05, 0) is 83.8 Å². The summed E-state index contributed by atoms with van der Waals surface area (Å²) in [6.45, 7) is 15.6. The van der Waals surface area contributed by atoms with Crippen LogP contribution in [0.25, 0.3) is 11.1 Å². The van der Waals surface area contributed by atoms with E-state index in [-0.39, 0.29) is 0 Å². The molecule has 0 bridgehead atoms. The van der Waals surface area contributed by atoms with Gasteiger partial charge in [0.1, 0.15) is 0 Å². The lowest BCUT2D eigenvalue weighted by Gasteiger charge is -2.30. The number of fused-ring (bicyclic) bond motifs is 1. The Morgan fingerprint density at radius 3 is 2.77 bits per heavy atom. The van der Waals surface area contributed by atoms with Crippen LogP contribution in [-0.4, -0.2) is 17.4 Å². The zero-order chi connectivity index (χ0) is 21.5. The summed E-state index contributed by atoms with van der Waals surface area (Å²) in [5.41, 5.74) is 8.96. The van der Waals surface area contributed by atoms with E-state index in [1.54, 1.807) is 10.4 Å². The fraction of sp³-hybridized carbons (Fsp3) is 0.481. The van der Waals surface area contributed by atoms with Crippen molar-refractivity contribution in [2.75, 3.05) is 13.1 Å². The van der Waals surface area contributed by atoms with E-state index in [1.165, 1.54) is 52.0 Å². The van der Waals surface area contributed by atoms with E-state index in [0.717, 1.165) is 25.9 Å². The number of rotatable bonds is 6. The molecule has 3 heteroatoms. The van der Waals surface area contributed by atoms with Crippen LogP contribution in [0.4, 0.5) is 0 Å². The summed E-state index contributed by atoms with van der Waals surface area (Å²) in [5.74, 6) is 0.531. The summed E-state index contributed by atoms with van der Waals surface area (Å²) in [6.07, 6.45) is 17.3. The molecule has 4 rings (SSSR count). The Hall–Kier alpha value is -1.29. The molecule has 0 spiro atoms. The first-order valence-electron chi connectivity index (χ1n) is 11.2. The van der Waals surface area contributed by atoms with Crippen LogP contribution in [-0.2, 0) is 12.8 Å². The van der Waals surface area contributed by atoms with E-state index >= 15 is 0 Å². The molecule has 0 fully saturated rings. The second-order valence-electron chi connectivity index (χ2n) is 10.0. The second-order valence-corrected chi connectivity index (χ2v) is 11.7. The number of allylic oxidation sites excluding steroid dienone is 5. The maximum absolute atomic E-state index is 4.84. The van der Waals surface area contributed by atoms with Gasteiger partial charge in [0.2, 0.25) is 0 Å². The summed E-state index contributed by atoms with van der Waals surface area (Å²) in [5, 5.41) is 0. The Balaban J connectivity index is 1.74. The van der Waals surface area contributed by atoms with Crippen molar-refractivity contribution >= 4 is 35.3 Å². The minimum Gasteiger partial charge on any atom is -0.244 e. The van der Waals surface area contributed by atoms with Crippen LogP contribution in [0.3, 0.4) is 0 Å². The van der Waals surface area contributed by atoms with Crippen molar-refractivity contribution in [1.29, 1.82) is 0 Å². The number of hydrogen-bond donors (Lipinski definition) is 1. The smallest absolute Gasteiger partial charge is 0.0389 e. The van der Waals surface area contributed by atoms with Crippen LogP contribution < -0.4 is 0 Å². The van der Waals surface area contributed by atoms with Crippen molar-refractivity contribution in [3.63, 3.8) is 0 Å². The second kappa shape index (κ2) is 8.68. The van der Waals surface area contributed by atoms with Gasteiger partial charge in [-0.15, -0.1) is 11.3 Å². The normalized spacial score (nSPS) is 22.6. The van der Waals surface area contributed by atoms with Gasteiger partial charge in [0, 0.05) is 22.8 Å².